The summed E-state index contributed by atoms with van der Waals surface area (Å²) in [6.45, 7) is 6.27. The number of aromatic nitrogens is 2. The van der Waals surface area contributed by atoms with Crippen molar-refractivity contribution in [3.05, 3.63) is 39.8 Å². The van der Waals surface area contributed by atoms with Crippen molar-refractivity contribution < 1.29 is 19.4 Å². The van der Waals surface area contributed by atoms with Gasteiger partial charge in [0.2, 0.25) is 5.88 Å². The van der Waals surface area contributed by atoms with Gasteiger partial charge in [-0.2, -0.15) is 4.98 Å². The van der Waals surface area contributed by atoms with E-state index in [1.807, 2.05) is 13.8 Å². The van der Waals surface area contributed by atoms with Gasteiger partial charge in [-0.1, -0.05) is 6.07 Å². The minimum atomic E-state index is -0.731. The number of ether oxygens (including phenoxy) is 2. The zero-order valence-electron chi connectivity index (χ0n) is 13.9. The van der Waals surface area contributed by atoms with Crippen molar-refractivity contribution in [1.82, 2.24) is 14.7 Å². The SMILES string of the molecule is CCOC(CNC(=O)c1c(O)nc2c(C)cccn2c1=O)OCC. The van der Waals surface area contributed by atoms with Gasteiger partial charge in [-0.3, -0.25) is 14.0 Å². The number of nitrogens with zero attached hydrogens (tertiary/aromatic N) is 2. The van der Waals surface area contributed by atoms with Gasteiger partial charge in [-0.25, -0.2) is 0 Å². The molecule has 2 rings (SSSR count). The second kappa shape index (κ2) is 7.89. The summed E-state index contributed by atoms with van der Waals surface area (Å²) in [5.74, 6) is -1.33. The van der Waals surface area contributed by atoms with Crippen LogP contribution in [0.3, 0.4) is 0 Å². The number of aryl methyl sites for hydroxylation is 1. The van der Waals surface area contributed by atoms with Crippen LogP contribution in [-0.2, 0) is 9.47 Å². The lowest BCUT2D eigenvalue weighted by Gasteiger charge is -2.17. The van der Waals surface area contributed by atoms with Crippen molar-refractivity contribution in [3.63, 3.8) is 0 Å². The third-order valence-corrected chi connectivity index (χ3v) is 3.39. The van der Waals surface area contributed by atoms with Crippen molar-refractivity contribution >= 4 is 11.6 Å². The van der Waals surface area contributed by atoms with Gasteiger partial charge in [-0.05, 0) is 32.4 Å². The third-order valence-electron chi connectivity index (χ3n) is 3.39. The van der Waals surface area contributed by atoms with Crippen molar-refractivity contribution in [1.29, 1.82) is 0 Å². The van der Waals surface area contributed by atoms with Crippen LogP contribution in [-0.4, -0.2) is 46.4 Å². The van der Waals surface area contributed by atoms with Crippen LogP contribution < -0.4 is 10.9 Å². The Hall–Kier alpha value is -2.45. The summed E-state index contributed by atoms with van der Waals surface area (Å²) in [7, 11) is 0. The lowest BCUT2D eigenvalue weighted by atomic mass is 10.2. The van der Waals surface area contributed by atoms with E-state index in [2.05, 4.69) is 10.3 Å². The monoisotopic (exact) mass is 335 g/mol. The molecule has 2 aromatic heterocycles. The molecular formula is C16H21N3O5. The molecule has 2 N–H and O–H groups in total. The smallest absolute Gasteiger partial charge is 0.274 e. The van der Waals surface area contributed by atoms with Crippen LogP contribution in [0.25, 0.3) is 5.65 Å². The summed E-state index contributed by atoms with van der Waals surface area (Å²) in [6, 6.07) is 3.43. The number of rotatable bonds is 7. The maximum Gasteiger partial charge on any atom is 0.274 e. The number of amides is 1. The molecular weight excluding hydrogens is 314 g/mol. The van der Waals surface area contributed by atoms with Gasteiger partial charge in [-0.15, -0.1) is 0 Å². The van der Waals surface area contributed by atoms with E-state index in [9.17, 15) is 14.7 Å². The predicted octanol–water partition coefficient (Wildman–Crippen LogP) is 0.837. The quantitative estimate of drug-likeness (QED) is 0.727. The average Bonchev–Trinajstić information content (AvgIpc) is 2.54. The third kappa shape index (κ3) is 3.72. The predicted molar refractivity (Wildman–Crippen MR) is 87.2 cm³/mol. The molecule has 0 bridgehead atoms. The molecule has 0 atom stereocenters. The normalized spacial score (nSPS) is 11.2. The topological polar surface area (TPSA) is 102 Å². The van der Waals surface area contributed by atoms with Crippen LogP contribution >= 0.6 is 0 Å². The van der Waals surface area contributed by atoms with Gasteiger partial charge in [0.1, 0.15) is 5.65 Å². The highest BCUT2D eigenvalue weighted by atomic mass is 16.7. The lowest BCUT2D eigenvalue weighted by Crippen LogP contribution is -2.38. The number of fused-ring (bicyclic) bond motifs is 1. The van der Waals surface area contributed by atoms with Crippen LogP contribution in [0.1, 0.15) is 29.8 Å². The van der Waals surface area contributed by atoms with Gasteiger partial charge in [0.05, 0.1) is 6.54 Å². The molecule has 0 aliphatic heterocycles. The average molecular weight is 335 g/mol. The number of carbonyl (C=O) groups excluding carboxylic acids is 1. The summed E-state index contributed by atoms with van der Waals surface area (Å²) < 4.78 is 11.9. The Balaban J connectivity index is 2.28. The maximum absolute atomic E-state index is 12.5. The van der Waals surface area contributed by atoms with E-state index in [0.29, 0.717) is 24.4 Å². The molecule has 0 fully saturated rings. The first-order valence-corrected chi connectivity index (χ1v) is 7.71. The maximum atomic E-state index is 12.5. The van der Waals surface area contributed by atoms with E-state index in [4.69, 9.17) is 9.47 Å². The second-order valence-corrected chi connectivity index (χ2v) is 5.05. The van der Waals surface area contributed by atoms with E-state index in [0.717, 1.165) is 0 Å². The van der Waals surface area contributed by atoms with Crippen LogP contribution in [0, 0.1) is 6.92 Å². The zero-order valence-corrected chi connectivity index (χ0v) is 13.9. The number of carbonyl (C=O) groups is 1. The number of nitrogens with one attached hydrogen (secondary N) is 1. The molecule has 0 saturated heterocycles. The Morgan fingerprint density at radius 1 is 1.38 bits per heavy atom. The highest BCUT2D eigenvalue weighted by molar-refractivity contribution is 5.96. The Labute approximate surface area is 139 Å². The molecule has 2 aromatic rings. The van der Waals surface area contributed by atoms with Crippen molar-refractivity contribution in [3.8, 4) is 5.88 Å². The Morgan fingerprint density at radius 2 is 2.04 bits per heavy atom. The van der Waals surface area contributed by atoms with E-state index in [-0.39, 0.29) is 6.54 Å². The van der Waals surface area contributed by atoms with E-state index in [1.54, 1.807) is 19.1 Å². The Kier molecular flexibility index (Phi) is 5.88. The van der Waals surface area contributed by atoms with Gasteiger partial charge in [0.25, 0.3) is 11.5 Å². The minimum absolute atomic E-state index is 0.0515. The summed E-state index contributed by atoms with van der Waals surface area (Å²) in [4.78, 5) is 28.7. The number of hydrogen-bond acceptors (Lipinski definition) is 6. The molecule has 0 spiro atoms. The first-order valence-electron chi connectivity index (χ1n) is 7.71. The lowest BCUT2D eigenvalue weighted by molar-refractivity contribution is -0.131. The number of aromatic hydroxyl groups is 1. The molecule has 8 nitrogen and oxygen atoms in total. The molecule has 0 aliphatic rings. The van der Waals surface area contributed by atoms with Crippen molar-refractivity contribution in [2.24, 2.45) is 0 Å². The molecule has 24 heavy (non-hydrogen) atoms. The van der Waals surface area contributed by atoms with Gasteiger partial charge in [0.15, 0.2) is 11.9 Å². The number of hydrogen-bond donors (Lipinski definition) is 2. The largest absolute Gasteiger partial charge is 0.493 e. The van der Waals surface area contributed by atoms with Crippen LogP contribution in [0.2, 0.25) is 0 Å². The minimum Gasteiger partial charge on any atom is -0.493 e. The molecule has 2 heterocycles. The fourth-order valence-corrected chi connectivity index (χ4v) is 2.29. The van der Waals surface area contributed by atoms with Crippen LogP contribution in [0.15, 0.2) is 23.1 Å². The molecule has 130 valence electrons. The molecule has 0 aliphatic carbocycles. The molecule has 0 saturated carbocycles. The highest BCUT2D eigenvalue weighted by Gasteiger charge is 2.21. The molecule has 0 unspecified atom stereocenters. The van der Waals surface area contributed by atoms with Gasteiger partial charge >= 0.3 is 0 Å². The fourth-order valence-electron chi connectivity index (χ4n) is 2.29. The van der Waals surface area contributed by atoms with Gasteiger partial charge < -0.3 is 19.9 Å². The van der Waals surface area contributed by atoms with Crippen LogP contribution in [0.5, 0.6) is 5.88 Å². The summed E-state index contributed by atoms with van der Waals surface area (Å²) in [6.07, 6.45) is 0.876. The standard InChI is InChI=1S/C16H21N3O5/c1-4-23-11(24-5-2)9-17-14(20)12-15(21)18-13-10(3)7-6-8-19(13)16(12)22/h6-8,11,21H,4-5,9H2,1-3H3,(H,17,20). The summed E-state index contributed by atoms with van der Waals surface area (Å²) in [5.41, 5.74) is -0.0319. The molecule has 1 amide bonds. The summed E-state index contributed by atoms with van der Waals surface area (Å²) in [5, 5.41) is 12.5. The Morgan fingerprint density at radius 3 is 2.67 bits per heavy atom. The molecule has 8 heteroatoms. The molecule has 0 radical (unpaired) electrons. The van der Waals surface area contributed by atoms with Crippen molar-refractivity contribution in [2.75, 3.05) is 19.8 Å². The van der Waals surface area contributed by atoms with E-state index in [1.165, 1.54) is 10.6 Å². The first kappa shape index (κ1) is 17.9. The van der Waals surface area contributed by atoms with Crippen molar-refractivity contribution in [2.45, 2.75) is 27.1 Å². The molecule has 0 aromatic carbocycles. The fraction of sp³-hybridized carbons (Fsp3) is 0.438. The number of pyridine rings is 1. The van der Waals surface area contributed by atoms with Gasteiger partial charge in [0, 0.05) is 19.4 Å². The van der Waals surface area contributed by atoms with E-state index >= 15 is 0 Å². The first-order chi connectivity index (χ1) is 11.5. The summed E-state index contributed by atoms with van der Waals surface area (Å²) >= 11 is 0. The van der Waals surface area contributed by atoms with E-state index < -0.39 is 29.2 Å². The highest BCUT2D eigenvalue weighted by Crippen LogP contribution is 2.13. The van der Waals surface area contributed by atoms with Crippen LogP contribution in [0.4, 0.5) is 0 Å². The zero-order chi connectivity index (χ0) is 17.7. The Bertz CT molecular complexity index is 781. The second-order valence-electron chi connectivity index (χ2n) is 5.05.